The Kier molecular flexibility index (Phi) is 6.21. The van der Waals surface area contributed by atoms with Gasteiger partial charge in [-0.2, -0.15) is 5.10 Å². The third-order valence-electron chi connectivity index (χ3n) is 6.09. The molecule has 3 heterocycles. The van der Waals surface area contributed by atoms with Crippen molar-refractivity contribution < 1.29 is 9.59 Å². The zero-order valence-corrected chi connectivity index (χ0v) is 19.2. The van der Waals surface area contributed by atoms with Crippen molar-refractivity contribution in [3.05, 3.63) is 82.0 Å². The number of nitrogens with one attached hydrogen (secondary N) is 1. The first-order valence-electron chi connectivity index (χ1n) is 11.3. The smallest absolute Gasteiger partial charge is 0.243 e. The molecule has 5 rings (SSSR count). The summed E-state index contributed by atoms with van der Waals surface area (Å²) in [5, 5.41) is 11.0. The summed E-state index contributed by atoms with van der Waals surface area (Å²) in [6.07, 6.45) is 2.10. The fraction of sp³-hybridized carbons (Fsp3) is 0.269. The van der Waals surface area contributed by atoms with Gasteiger partial charge in [0.15, 0.2) is 0 Å². The van der Waals surface area contributed by atoms with Gasteiger partial charge in [0.2, 0.25) is 11.8 Å². The molecule has 2 amide bonds. The van der Waals surface area contributed by atoms with Crippen molar-refractivity contribution in [3.63, 3.8) is 0 Å². The van der Waals surface area contributed by atoms with Crippen LogP contribution in [0.15, 0.2) is 71.1 Å². The average molecular weight is 459 g/mol. The summed E-state index contributed by atoms with van der Waals surface area (Å²) in [4.78, 5) is 28.7. The maximum Gasteiger partial charge on any atom is 0.243 e. The van der Waals surface area contributed by atoms with Gasteiger partial charge in [-0.15, -0.1) is 11.3 Å². The summed E-state index contributed by atoms with van der Waals surface area (Å²) in [6.45, 7) is 2.50. The molecule has 0 saturated heterocycles. The molecule has 33 heavy (non-hydrogen) atoms. The first-order valence-corrected chi connectivity index (χ1v) is 12.2. The van der Waals surface area contributed by atoms with E-state index in [9.17, 15) is 9.59 Å². The minimum absolute atomic E-state index is 0.121. The summed E-state index contributed by atoms with van der Waals surface area (Å²) in [6, 6.07) is 20.0. The molecule has 168 valence electrons. The summed E-state index contributed by atoms with van der Waals surface area (Å²) in [5.41, 5.74) is 5.26. The topological polar surface area (TPSA) is 65.0 Å². The second-order valence-electron chi connectivity index (χ2n) is 8.32. The van der Waals surface area contributed by atoms with Crippen LogP contribution in [0.1, 0.15) is 35.3 Å². The quantitative estimate of drug-likeness (QED) is 0.584. The largest absolute Gasteiger partial charge is 0.367 e. The molecule has 1 N–H and O–H groups in total. The van der Waals surface area contributed by atoms with E-state index in [2.05, 4.69) is 26.8 Å². The lowest BCUT2D eigenvalue weighted by Crippen LogP contribution is -2.29. The van der Waals surface area contributed by atoms with E-state index in [0.717, 1.165) is 48.6 Å². The predicted octanol–water partition coefficient (Wildman–Crippen LogP) is 4.67. The van der Waals surface area contributed by atoms with Crippen LogP contribution in [0, 0.1) is 0 Å². The number of hydrogen-bond donors (Lipinski definition) is 1. The maximum atomic E-state index is 12.5. The highest BCUT2D eigenvalue weighted by Crippen LogP contribution is 2.28. The number of rotatable bonds is 6. The third-order valence-corrected chi connectivity index (χ3v) is 7.11. The Morgan fingerprint density at radius 1 is 0.939 bits per heavy atom. The molecule has 0 atom stereocenters. The Bertz CT molecular complexity index is 1170. The van der Waals surface area contributed by atoms with Gasteiger partial charge in [-0.25, -0.2) is 5.01 Å². The lowest BCUT2D eigenvalue weighted by molar-refractivity contribution is -0.132. The van der Waals surface area contributed by atoms with Crippen LogP contribution in [0.5, 0.6) is 0 Å². The van der Waals surface area contributed by atoms with Crippen LogP contribution >= 0.6 is 11.3 Å². The number of thiophene rings is 1. The molecule has 6 nitrogen and oxygen atoms in total. The Balaban J connectivity index is 1.10. The number of fused-ring (bicyclic) bond motifs is 1. The normalized spacial score (nSPS) is 15.2. The molecule has 0 fully saturated rings. The van der Waals surface area contributed by atoms with Crippen molar-refractivity contribution in [3.8, 4) is 0 Å². The third kappa shape index (κ3) is 4.98. The highest BCUT2D eigenvalue weighted by Gasteiger charge is 2.22. The van der Waals surface area contributed by atoms with Crippen molar-refractivity contribution in [2.75, 3.05) is 23.3 Å². The highest BCUT2D eigenvalue weighted by atomic mass is 32.1. The average Bonchev–Trinajstić information content (AvgIpc) is 3.53. The van der Waals surface area contributed by atoms with Crippen LogP contribution < -0.4 is 10.2 Å². The molecular weight excluding hydrogens is 432 g/mol. The summed E-state index contributed by atoms with van der Waals surface area (Å²) in [5.74, 6) is -0.284. The molecule has 0 bridgehead atoms. The van der Waals surface area contributed by atoms with Crippen LogP contribution in [0.4, 0.5) is 11.4 Å². The van der Waals surface area contributed by atoms with E-state index < -0.39 is 0 Å². The fourth-order valence-electron chi connectivity index (χ4n) is 4.27. The molecule has 2 aliphatic heterocycles. The highest BCUT2D eigenvalue weighted by molar-refractivity contribution is 7.10. The number of benzene rings is 2. The number of nitrogens with zero attached hydrogens (tertiary/aromatic N) is 3. The van der Waals surface area contributed by atoms with Crippen LogP contribution in [-0.2, 0) is 22.6 Å². The summed E-state index contributed by atoms with van der Waals surface area (Å²) < 4.78 is 0. The molecule has 1 aromatic heterocycles. The molecule has 7 heteroatoms. The van der Waals surface area contributed by atoms with Crippen molar-refractivity contribution in [2.24, 2.45) is 5.10 Å². The van der Waals surface area contributed by atoms with Gasteiger partial charge in [0.1, 0.15) is 0 Å². The molecular formula is C26H26N4O2S. The SMILES string of the molecule is O=C(CCC(=O)N1CCC(c2ccccc2)=N1)Nc1ccc(N2CCc3sccc3C2)cc1. The number of carbonyl (C=O) groups excluding carboxylic acids is 2. The van der Waals surface area contributed by atoms with Gasteiger partial charge in [-0.05, 0) is 53.3 Å². The molecule has 2 aliphatic rings. The summed E-state index contributed by atoms with van der Waals surface area (Å²) >= 11 is 1.84. The maximum absolute atomic E-state index is 12.5. The van der Waals surface area contributed by atoms with Crippen molar-refractivity contribution in [2.45, 2.75) is 32.2 Å². The van der Waals surface area contributed by atoms with Gasteiger partial charge in [0.25, 0.3) is 0 Å². The number of carbonyl (C=O) groups is 2. The Morgan fingerprint density at radius 2 is 1.76 bits per heavy atom. The predicted molar refractivity (Wildman–Crippen MR) is 133 cm³/mol. The second kappa shape index (κ2) is 9.58. The number of amides is 2. The summed E-state index contributed by atoms with van der Waals surface area (Å²) in [7, 11) is 0. The lowest BCUT2D eigenvalue weighted by atomic mass is 10.1. The van der Waals surface area contributed by atoms with Gasteiger partial charge in [0, 0.05) is 48.6 Å². The minimum Gasteiger partial charge on any atom is -0.367 e. The Labute approximate surface area is 197 Å². The van der Waals surface area contributed by atoms with Gasteiger partial charge < -0.3 is 10.2 Å². The van der Waals surface area contributed by atoms with Crippen LogP contribution in [0.2, 0.25) is 0 Å². The Hall–Kier alpha value is -3.45. The standard InChI is InChI=1S/C26H26N4O2S/c31-25(10-11-26(32)30-16-12-23(28-30)19-4-2-1-3-5-19)27-21-6-8-22(9-7-21)29-15-13-24-20(18-29)14-17-33-24/h1-9,14,17H,10-13,15-16,18H2,(H,27,31). The van der Waals surface area contributed by atoms with Crippen molar-refractivity contribution in [1.29, 1.82) is 0 Å². The number of anilines is 2. The minimum atomic E-state index is -0.163. The van der Waals surface area contributed by atoms with E-state index in [1.807, 2.05) is 65.9 Å². The van der Waals surface area contributed by atoms with Gasteiger partial charge in [-0.3, -0.25) is 9.59 Å². The van der Waals surface area contributed by atoms with E-state index in [-0.39, 0.29) is 24.7 Å². The van der Waals surface area contributed by atoms with Crippen molar-refractivity contribution >= 4 is 40.2 Å². The molecule has 0 radical (unpaired) electrons. The molecule has 2 aromatic carbocycles. The van der Waals surface area contributed by atoms with Crippen molar-refractivity contribution in [1.82, 2.24) is 5.01 Å². The van der Waals surface area contributed by atoms with Crippen LogP contribution in [0.25, 0.3) is 0 Å². The molecule has 0 unspecified atom stereocenters. The number of hydrogen-bond acceptors (Lipinski definition) is 5. The monoisotopic (exact) mass is 458 g/mol. The molecule has 3 aromatic rings. The van der Waals surface area contributed by atoms with Gasteiger partial charge >= 0.3 is 0 Å². The molecule has 0 spiro atoms. The number of hydrazone groups is 1. The van der Waals surface area contributed by atoms with Crippen LogP contribution in [-0.4, -0.2) is 35.6 Å². The zero-order chi connectivity index (χ0) is 22.6. The van der Waals surface area contributed by atoms with Crippen LogP contribution in [0.3, 0.4) is 0 Å². The van der Waals surface area contributed by atoms with E-state index in [0.29, 0.717) is 6.54 Å². The van der Waals surface area contributed by atoms with E-state index in [4.69, 9.17) is 0 Å². The fourth-order valence-corrected chi connectivity index (χ4v) is 5.16. The second-order valence-corrected chi connectivity index (χ2v) is 9.32. The molecule has 0 saturated carbocycles. The van der Waals surface area contributed by atoms with Gasteiger partial charge in [0.05, 0.1) is 12.3 Å². The zero-order valence-electron chi connectivity index (χ0n) is 18.4. The first kappa shape index (κ1) is 21.4. The van der Waals surface area contributed by atoms with Gasteiger partial charge in [-0.1, -0.05) is 30.3 Å². The van der Waals surface area contributed by atoms with E-state index in [1.165, 1.54) is 15.4 Å². The lowest BCUT2D eigenvalue weighted by Gasteiger charge is -2.29. The first-order chi connectivity index (χ1) is 16.2. The van der Waals surface area contributed by atoms with E-state index >= 15 is 0 Å². The Morgan fingerprint density at radius 3 is 2.58 bits per heavy atom. The molecule has 0 aliphatic carbocycles. The van der Waals surface area contributed by atoms with E-state index in [1.54, 1.807) is 0 Å².